The number of piperazine rings is 1. The van der Waals surface area contributed by atoms with Crippen LogP contribution in [0.1, 0.15) is 5.56 Å². The number of rotatable bonds is 3. The van der Waals surface area contributed by atoms with Gasteiger partial charge in [0.05, 0.1) is 6.54 Å². The van der Waals surface area contributed by atoms with Gasteiger partial charge in [0, 0.05) is 31.9 Å². The number of hydrogen-bond acceptors (Lipinski definition) is 3. The minimum Gasteiger partial charge on any atom is -0.369 e. The predicted molar refractivity (Wildman–Crippen MR) is 70.7 cm³/mol. The molecule has 17 heavy (non-hydrogen) atoms. The van der Waals surface area contributed by atoms with Gasteiger partial charge < -0.3 is 4.90 Å². The molecule has 0 atom stereocenters. The number of hydrogen-bond donors (Lipinski definition) is 0. The van der Waals surface area contributed by atoms with Gasteiger partial charge in [0.15, 0.2) is 0 Å². The molecule has 0 radical (unpaired) electrons. The van der Waals surface area contributed by atoms with Crippen LogP contribution in [0.15, 0.2) is 24.3 Å². The molecule has 0 aromatic heterocycles. The summed E-state index contributed by atoms with van der Waals surface area (Å²) in [4.78, 5) is 15.3. The fourth-order valence-corrected chi connectivity index (χ4v) is 2.33. The molecule has 1 aliphatic heterocycles. The Bertz CT molecular complexity index is 400. The smallest absolute Gasteiger partial charge is 0.235 e. The second-order valence-electron chi connectivity index (χ2n) is 4.46. The minimum atomic E-state index is -0.269. The van der Waals surface area contributed by atoms with E-state index >= 15 is 0 Å². The van der Waals surface area contributed by atoms with Crippen molar-refractivity contribution in [1.29, 1.82) is 0 Å². The molecule has 0 bridgehead atoms. The molecule has 0 saturated carbocycles. The lowest BCUT2D eigenvalue weighted by atomic mass is 10.2. The summed E-state index contributed by atoms with van der Waals surface area (Å²) in [5.41, 5.74) is 2.54. The first-order valence-corrected chi connectivity index (χ1v) is 6.25. The van der Waals surface area contributed by atoms with Crippen molar-refractivity contribution >= 4 is 22.5 Å². The van der Waals surface area contributed by atoms with Gasteiger partial charge in [0.2, 0.25) is 5.24 Å². The average molecular weight is 253 g/mol. The molecule has 1 fully saturated rings. The normalized spacial score (nSPS) is 17.2. The standard InChI is InChI=1S/C13H17ClN2O/c1-11-3-2-4-12(9-11)16-7-5-15(6-8-16)10-13(14)17/h2-4,9H,5-8,10H2,1H3. The third-order valence-corrected chi connectivity index (χ3v) is 3.21. The van der Waals surface area contributed by atoms with E-state index in [1.54, 1.807) is 0 Å². The van der Waals surface area contributed by atoms with Crippen molar-refractivity contribution in [3.63, 3.8) is 0 Å². The van der Waals surface area contributed by atoms with Crippen molar-refractivity contribution in [2.45, 2.75) is 6.92 Å². The Balaban J connectivity index is 1.93. The molecule has 0 aliphatic carbocycles. The van der Waals surface area contributed by atoms with Crippen molar-refractivity contribution < 1.29 is 4.79 Å². The lowest BCUT2D eigenvalue weighted by Gasteiger charge is -2.35. The zero-order valence-corrected chi connectivity index (χ0v) is 10.8. The van der Waals surface area contributed by atoms with Crippen molar-refractivity contribution in [2.24, 2.45) is 0 Å². The first-order valence-electron chi connectivity index (χ1n) is 5.87. The number of carbonyl (C=O) groups is 1. The van der Waals surface area contributed by atoms with Crippen LogP contribution in [0.3, 0.4) is 0 Å². The lowest BCUT2D eigenvalue weighted by molar-refractivity contribution is -0.112. The number of carbonyl (C=O) groups excluding carboxylic acids is 1. The molecule has 1 saturated heterocycles. The van der Waals surface area contributed by atoms with Crippen LogP contribution in [0, 0.1) is 6.92 Å². The second-order valence-corrected chi connectivity index (χ2v) is 4.88. The first-order chi connectivity index (χ1) is 8.15. The Labute approximate surface area is 107 Å². The maximum Gasteiger partial charge on any atom is 0.235 e. The zero-order chi connectivity index (χ0) is 12.3. The SMILES string of the molecule is Cc1cccc(N2CCN(CC(=O)Cl)CC2)c1. The third kappa shape index (κ3) is 3.45. The summed E-state index contributed by atoms with van der Waals surface area (Å²) in [6, 6.07) is 8.52. The second kappa shape index (κ2) is 5.52. The third-order valence-electron chi connectivity index (χ3n) is 3.09. The summed E-state index contributed by atoms with van der Waals surface area (Å²) in [6.07, 6.45) is 0. The number of halogens is 1. The first kappa shape index (κ1) is 12.4. The molecule has 1 aromatic carbocycles. The molecule has 92 valence electrons. The van der Waals surface area contributed by atoms with Crippen molar-refractivity contribution in [3.05, 3.63) is 29.8 Å². The van der Waals surface area contributed by atoms with Gasteiger partial charge in [-0.05, 0) is 36.2 Å². The van der Waals surface area contributed by atoms with Gasteiger partial charge in [0.25, 0.3) is 0 Å². The van der Waals surface area contributed by atoms with Crippen molar-refractivity contribution in [1.82, 2.24) is 4.90 Å². The van der Waals surface area contributed by atoms with Crippen molar-refractivity contribution in [2.75, 3.05) is 37.6 Å². The largest absolute Gasteiger partial charge is 0.369 e. The van der Waals surface area contributed by atoms with Crippen LogP contribution in [0.4, 0.5) is 5.69 Å². The maximum absolute atomic E-state index is 10.8. The van der Waals surface area contributed by atoms with Gasteiger partial charge in [-0.3, -0.25) is 9.69 Å². The van der Waals surface area contributed by atoms with Crippen LogP contribution in [-0.4, -0.2) is 42.9 Å². The Kier molecular flexibility index (Phi) is 4.02. The molecular weight excluding hydrogens is 236 g/mol. The van der Waals surface area contributed by atoms with Crippen molar-refractivity contribution in [3.8, 4) is 0 Å². The summed E-state index contributed by atoms with van der Waals surface area (Å²) >= 11 is 5.39. The molecule has 2 rings (SSSR count). The average Bonchev–Trinajstić information content (AvgIpc) is 2.29. The number of anilines is 1. The quantitative estimate of drug-likeness (QED) is 0.768. The van der Waals surface area contributed by atoms with Gasteiger partial charge in [-0.1, -0.05) is 12.1 Å². The van der Waals surface area contributed by atoms with E-state index in [4.69, 9.17) is 11.6 Å². The molecule has 0 spiro atoms. The summed E-state index contributed by atoms with van der Waals surface area (Å²) in [6.45, 7) is 6.16. The Morgan fingerprint density at radius 2 is 2.00 bits per heavy atom. The molecule has 1 aliphatic rings. The fourth-order valence-electron chi connectivity index (χ4n) is 2.16. The molecule has 0 amide bonds. The van der Waals surface area contributed by atoms with Crippen LogP contribution in [0.2, 0.25) is 0 Å². The van der Waals surface area contributed by atoms with Crippen LogP contribution in [0.5, 0.6) is 0 Å². The predicted octanol–water partition coefficient (Wildman–Crippen LogP) is 1.88. The number of benzene rings is 1. The molecule has 4 heteroatoms. The van der Waals surface area contributed by atoms with E-state index in [0.29, 0.717) is 6.54 Å². The lowest BCUT2D eigenvalue weighted by Crippen LogP contribution is -2.47. The Hall–Kier alpha value is -1.06. The van der Waals surface area contributed by atoms with Gasteiger partial charge in [-0.15, -0.1) is 0 Å². The van der Waals surface area contributed by atoms with E-state index in [2.05, 4.69) is 41.0 Å². The molecule has 3 nitrogen and oxygen atoms in total. The van der Waals surface area contributed by atoms with E-state index in [1.165, 1.54) is 11.3 Å². The van der Waals surface area contributed by atoms with Crippen LogP contribution in [0.25, 0.3) is 0 Å². The fraction of sp³-hybridized carbons (Fsp3) is 0.462. The number of aryl methyl sites for hydroxylation is 1. The molecule has 1 heterocycles. The van der Waals surface area contributed by atoms with Crippen LogP contribution in [-0.2, 0) is 4.79 Å². The van der Waals surface area contributed by atoms with Crippen LogP contribution >= 0.6 is 11.6 Å². The van der Waals surface area contributed by atoms with E-state index in [0.717, 1.165) is 26.2 Å². The Morgan fingerprint density at radius 1 is 1.29 bits per heavy atom. The van der Waals surface area contributed by atoms with Gasteiger partial charge >= 0.3 is 0 Å². The van der Waals surface area contributed by atoms with Crippen LogP contribution < -0.4 is 4.90 Å². The highest BCUT2D eigenvalue weighted by Crippen LogP contribution is 2.17. The summed E-state index contributed by atoms with van der Waals surface area (Å²) in [7, 11) is 0. The zero-order valence-electron chi connectivity index (χ0n) is 10.0. The van der Waals surface area contributed by atoms with E-state index < -0.39 is 0 Å². The van der Waals surface area contributed by atoms with E-state index in [9.17, 15) is 4.79 Å². The maximum atomic E-state index is 10.8. The molecule has 0 N–H and O–H groups in total. The minimum absolute atomic E-state index is 0.269. The topological polar surface area (TPSA) is 23.6 Å². The molecule has 0 unspecified atom stereocenters. The monoisotopic (exact) mass is 252 g/mol. The number of nitrogens with zero attached hydrogens (tertiary/aromatic N) is 2. The van der Waals surface area contributed by atoms with E-state index in [1.807, 2.05) is 0 Å². The van der Waals surface area contributed by atoms with E-state index in [-0.39, 0.29) is 5.24 Å². The Morgan fingerprint density at radius 3 is 2.59 bits per heavy atom. The highest BCUT2D eigenvalue weighted by atomic mass is 35.5. The highest BCUT2D eigenvalue weighted by molar-refractivity contribution is 6.64. The summed E-state index contributed by atoms with van der Waals surface area (Å²) in [5.74, 6) is 0. The van der Waals surface area contributed by atoms with Gasteiger partial charge in [-0.2, -0.15) is 0 Å². The molecular formula is C13H17ClN2O. The summed E-state index contributed by atoms with van der Waals surface area (Å²) < 4.78 is 0. The van der Waals surface area contributed by atoms with Gasteiger partial charge in [-0.25, -0.2) is 0 Å². The summed E-state index contributed by atoms with van der Waals surface area (Å²) in [5, 5.41) is -0.269. The van der Waals surface area contributed by atoms with Gasteiger partial charge in [0.1, 0.15) is 0 Å². The molecule has 1 aromatic rings. The highest BCUT2D eigenvalue weighted by Gasteiger charge is 2.18.